The van der Waals surface area contributed by atoms with Crippen LogP contribution in [-0.2, 0) is 0 Å². The Morgan fingerprint density at radius 1 is 1.08 bits per heavy atom. The van der Waals surface area contributed by atoms with Crippen LogP contribution in [0.4, 0.5) is 0 Å². The van der Waals surface area contributed by atoms with Gasteiger partial charge >= 0.3 is 0 Å². The number of hydrogen-bond donors (Lipinski definition) is 0. The number of rotatable bonds is 1. The molecular weight excluding hydrogens is 251 g/mol. The van der Waals surface area contributed by atoms with Crippen LogP contribution >= 0.6 is 27.5 Å². The second-order valence-corrected chi connectivity index (χ2v) is 4.21. The number of methoxy groups -OCH3 is 1. The van der Waals surface area contributed by atoms with Gasteiger partial charge in [0.15, 0.2) is 0 Å². The van der Waals surface area contributed by atoms with Gasteiger partial charge < -0.3 is 4.74 Å². The molecule has 0 saturated carbocycles. The van der Waals surface area contributed by atoms with E-state index >= 15 is 0 Å². The smallest absolute Gasteiger partial charge is 0.140 e. The maximum absolute atomic E-state index is 6.12. The van der Waals surface area contributed by atoms with Crippen LogP contribution in [0.1, 0.15) is 16.7 Å². The fourth-order valence-electron chi connectivity index (χ4n) is 1.29. The molecule has 1 aromatic carbocycles. The number of halogens is 2. The number of hydrogen-bond acceptors (Lipinski definition) is 1. The molecule has 0 atom stereocenters. The third-order valence-electron chi connectivity index (χ3n) is 2.29. The van der Waals surface area contributed by atoms with Crippen molar-refractivity contribution in [3.05, 3.63) is 26.2 Å². The van der Waals surface area contributed by atoms with E-state index in [1.165, 1.54) is 5.56 Å². The quantitative estimate of drug-likeness (QED) is 0.743. The summed E-state index contributed by atoms with van der Waals surface area (Å²) in [4.78, 5) is 0. The Morgan fingerprint density at radius 2 is 1.62 bits per heavy atom. The molecule has 0 fully saturated rings. The Hall–Kier alpha value is -0.210. The third-order valence-corrected chi connectivity index (χ3v) is 3.94. The summed E-state index contributed by atoms with van der Waals surface area (Å²) in [6.07, 6.45) is 0. The molecule has 0 heterocycles. The van der Waals surface area contributed by atoms with E-state index < -0.39 is 0 Å². The highest BCUT2D eigenvalue weighted by atomic mass is 79.9. The summed E-state index contributed by atoms with van der Waals surface area (Å²) in [6, 6.07) is 0. The van der Waals surface area contributed by atoms with E-state index in [2.05, 4.69) is 15.9 Å². The van der Waals surface area contributed by atoms with E-state index in [0.29, 0.717) is 5.02 Å². The van der Waals surface area contributed by atoms with Gasteiger partial charge in [0.1, 0.15) is 5.75 Å². The molecule has 0 spiro atoms. The molecule has 1 rings (SSSR count). The van der Waals surface area contributed by atoms with Crippen LogP contribution in [0.5, 0.6) is 5.75 Å². The average molecular weight is 264 g/mol. The minimum absolute atomic E-state index is 0.692. The van der Waals surface area contributed by atoms with E-state index in [0.717, 1.165) is 21.3 Å². The lowest BCUT2D eigenvalue weighted by atomic mass is 10.1. The van der Waals surface area contributed by atoms with Crippen LogP contribution in [-0.4, -0.2) is 7.11 Å². The SMILES string of the molecule is COc1c(C)c(C)c(Br)c(C)c1Cl. The first-order chi connectivity index (χ1) is 6.00. The average Bonchev–Trinajstić information content (AvgIpc) is 2.13. The van der Waals surface area contributed by atoms with Gasteiger partial charge in [-0.05, 0) is 37.5 Å². The van der Waals surface area contributed by atoms with Crippen LogP contribution in [0.25, 0.3) is 0 Å². The fourth-order valence-corrected chi connectivity index (χ4v) is 2.21. The standard InChI is InChI=1S/C10H12BrClO/c1-5-6(2)10(13-4)9(12)7(3)8(5)11/h1-4H3. The molecule has 0 unspecified atom stereocenters. The number of benzene rings is 1. The van der Waals surface area contributed by atoms with Gasteiger partial charge in [0, 0.05) is 4.47 Å². The monoisotopic (exact) mass is 262 g/mol. The molecule has 0 aliphatic heterocycles. The Labute approximate surface area is 92.2 Å². The predicted molar refractivity (Wildman–Crippen MR) is 59.9 cm³/mol. The largest absolute Gasteiger partial charge is 0.495 e. The first-order valence-electron chi connectivity index (χ1n) is 3.99. The Balaban J connectivity index is 3.56. The van der Waals surface area contributed by atoms with E-state index in [1.54, 1.807) is 7.11 Å². The highest BCUT2D eigenvalue weighted by Gasteiger charge is 2.14. The Kier molecular flexibility index (Phi) is 3.25. The number of ether oxygens (including phenoxy) is 1. The minimum Gasteiger partial charge on any atom is -0.495 e. The second-order valence-electron chi connectivity index (χ2n) is 3.04. The van der Waals surface area contributed by atoms with Crippen molar-refractivity contribution in [3.8, 4) is 5.75 Å². The van der Waals surface area contributed by atoms with Crippen LogP contribution in [0.2, 0.25) is 5.02 Å². The van der Waals surface area contributed by atoms with Gasteiger partial charge in [0.05, 0.1) is 12.1 Å². The molecule has 13 heavy (non-hydrogen) atoms. The zero-order valence-electron chi connectivity index (χ0n) is 8.16. The topological polar surface area (TPSA) is 9.23 Å². The van der Waals surface area contributed by atoms with Crippen molar-refractivity contribution in [3.63, 3.8) is 0 Å². The summed E-state index contributed by atoms with van der Waals surface area (Å²) in [5.74, 6) is 0.778. The molecule has 0 aromatic heterocycles. The normalized spacial score (nSPS) is 10.3. The van der Waals surface area contributed by atoms with Crippen molar-refractivity contribution in [1.82, 2.24) is 0 Å². The van der Waals surface area contributed by atoms with Gasteiger partial charge in [-0.2, -0.15) is 0 Å². The molecule has 0 aliphatic carbocycles. The van der Waals surface area contributed by atoms with Gasteiger partial charge in [-0.15, -0.1) is 0 Å². The van der Waals surface area contributed by atoms with Gasteiger partial charge in [-0.3, -0.25) is 0 Å². The molecule has 0 radical (unpaired) electrons. The lowest BCUT2D eigenvalue weighted by molar-refractivity contribution is 0.411. The van der Waals surface area contributed by atoms with Crippen LogP contribution in [0.3, 0.4) is 0 Å². The summed E-state index contributed by atoms with van der Waals surface area (Å²) in [7, 11) is 1.64. The van der Waals surface area contributed by atoms with Crippen LogP contribution in [0, 0.1) is 20.8 Å². The van der Waals surface area contributed by atoms with Crippen molar-refractivity contribution in [1.29, 1.82) is 0 Å². The fraction of sp³-hybridized carbons (Fsp3) is 0.400. The zero-order chi connectivity index (χ0) is 10.2. The van der Waals surface area contributed by atoms with E-state index in [1.807, 2.05) is 20.8 Å². The molecule has 0 amide bonds. The molecule has 3 heteroatoms. The lowest BCUT2D eigenvalue weighted by Gasteiger charge is -2.14. The van der Waals surface area contributed by atoms with Crippen molar-refractivity contribution in [2.45, 2.75) is 20.8 Å². The molecule has 0 N–H and O–H groups in total. The molecule has 1 aromatic rings. The Morgan fingerprint density at radius 3 is 2.08 bits per heavy atom. The Bertz CT molecular complexity index is 318. The van der Waals surface area contributed by atoms with Crippen molar-refractivity contribution in [2.24, 2.45) is 0 Å². The summed E-state index contributed by atoms with van der Waals surface area (Å²) >= 11 is 9.62. The minimum atomic E-state index is 0.692. The molecule has 1 nitrogen and oxygen atoms in total. The summed E-state index contributed by atoms with van der Waals surface area (Å²) < 4.78 is 6.31. The van der Waals surface area contributed by atoms with Gasteiger partial charge in [0.2, 0.25) is 0 Å². The van der Waals surface area contributed by atoms with Gasteiger partial charge in [-0.25, -0.2) is 0 Å². The van der Waals surface area contributed by atoms with E-state index in [9.17, 15) is 0 Å². The molecule has 72 valence electrons. The van der Waals surface area contributed by atoms with Gasteiger partial charge in [-0.1, -0.05) is 27.5 Å². The van der Waals surface area contributed by atoms with Crippen molar-refractivity contribution >= 4 is 27.5 Å². The molecular formula is C10H12BrClO. The summed E-state index contributed by atoms with van der Waals surface area (Å²) in [5, 5.41) is 0.692. The van der Waals surface area contributed by atoms with Crippen molar-refractivity contribution in [2.75, 3.05) is 7.11 Å². The van der Waals surface area contributed by atoms with Crippen LogP contribution in [0.15, 0.2) is 4.47 Å². The maximum atomic E-state index is 6.12. The molecule has 0 saturated heterocycles. The first kappa shape index (κ1) is 10.9. The first-order valence-corrected chi connectivity index (χ1v) is 5.16. The molecule has 0 aliphatic rings. The van der Waals surface area contributed by atoms with Crippen LogP contribution < -0.4 is 4.74 Å². The summed E-state index contributed by atoms with van der Waals surface area (Å²) in [5.41, 5.74) is 3.30. The second kappa shape index (κ2) is 3.89. The zero-order valence-corrected chi connectivity index (χ0v) is 10.5. The maximum Gasteiger partial charge on any atom is 0.140 e. The summed E-state index contributed by atoms with van der Waals surface area (Å²) in [6.45, 7) is 6.02. The van der Waals surface area contributed by atoms with E-state index in [4.69, 9.17) is 16.3 Å². The molecule has 0 bridgehead atoms. The lowest BCUT2D eigenvalue weighted by Crippen LogP contribution is -1.95. The third kappa shape index (κ3) is 1.70. The van der Waals surface area contributed by atoms with E-state index in [-0.39, 0.29) is 0 Å². The highest BCUT2D eigenvalue weighted by Crippen LogP contribution is 2.38. The predicted octanol–water partition coefficient (Wildman–Crippen LogP) is 4.04. The van der Waals surface area contributed by atoms with Crippen molar-refractivity contribution < 1.29 is 4.74 Å². The highest BCUT2D eigenvalue weighted by molar-refractivity contribution is 9.10. The van der Waals surface area contributed by atoms with Gasteiger partial charge in [0.25, 0.3) is 0 Å².